The third kappa shape index (κ3) is 4.83. The molecule has 3 N–H and O–H groups in total. The van der Waals surface area contributed by atoms with Gasteiger partial charge in [0.15, 0.2) is 6.29 Å². The number of hydrogen-bond donors (Lipinski definition) is 2. The number of nitrogens with one attached hydrogen (secondary N) is 1. The van der Waals surface area contributed by atoms with Crippen molar-refractivity contribution in [3.8, 4) is 0 Å². The number of hydrogen-bond acceptors (Lipinski definition) is 4. The summed E-state index contributed by atoms with van der Waals surface area (Å²) in [6, 6.07) is 7.39. The summed E-state index contributed by atoms with van der Waals surface area (Å²) in [5, 5.41) is 2.88. The molecule has 1 rings (SSSR count). The second kappa shape index (κ2) is 7.87. The summed E-state index contributed by atoms with van der Waals surface area (Å²) in [5.74, 6) is 0.104. The molecule has 0 saturated carbocycles. The Balaban J connectivity index is 2.51. The van der Waals surface area contributed by atoms with Crippen LogP contribution >= 0.6 is 0 Å². The van der Waals surface area contributed by atoms with Crippen molar-refractivity contribution in [2.24, 2.45) is 0 Å². The Bertz CT molecular complexity index is 416. The van der Waals surface area contributed by atoms with Gasteiger partial charge in [0.25, 0.3) is 0 Å². The van der Waals surface area contributed by atoms with Crippen LogP contribution in [0.15, 0.2) is 24.3 Å². The molecule has 1 aromatic carbocycles. The van der Waals surface area contributed by atoms with E-state index < -0.39 is 6.29 Å². The highest BCUT2D eigenvalue weighted by Crippen LogP contribution is 2.20. The van der Waals surface area contributed by atoms with Crippen molar-refractivity contribution in [3.63, 3.8) is 0 Å². The molecule has 2 unspecified atom stereocenters. The molecule has 0 fully saturated rings. The van der Waals surface area contributed by atoms with Gasteiger partial charge in [-0.3, -0.25) is 4.79 Å². The van der Waals surface area contributed by atoms with E-state index in [0.29, 0.717) is 6.42 Å². The Morgan fingerprint density at radius 1 is 1.20 bits per heavy atom. The molecule has 112 valence electrons. The number of nitrogen functional groups attached to an aromatic ring is 1. The number of amides is 1. The topological polar surface area (TPSA) is 73.6 Å². The second-order valence-corrected chi connectivity index (χ2v) is 4.97. The maximum absolute atomic E-state index is 12.0. The number of anilines is 1. The minimum atomic E-state index is -0.439. The van der Waals surface area contributed by atoms with Crippen LogP contribution in [0.25, 0.3) is 0 Å². The zero-order chi connectivity index (χ0) is 15.1. The van der Waals surface area contributed by atoms with Crippen LogP contribution in [0.4, 0.5) is 5.69 Å². The smallest absolute Gasteiger partial charge is 0.220 e. The Kier molecular flexibility index (Phi) is 6.48. The molecule has 0 aromatic heterocycles. The van der Waals surface area contributed by atoms with Gasteiger partial charge in [-0.2, -0.15) is 0 Å². The first-order valence-corrected chi connectivity index (χ1v) is 6.68. The molecular weight excluding hydrogens is 256 g/mol. The van der Waals surface area contributed by atoms with Crippen molar-refractivity contribution < 1.29 is 14.3 Å². The number of nitrogens with two attached hydrogens (primary N) is 1. The Hall–Kier alpha value is -1.59. The van der Waals surface area contributed by atoms with E-state index >= 15 is 0 Å². The third-order valence-electron chi connectivity index (χ3n) is 3.26. The molecule has 0 spiro atoms. The van der Waals surface area contributed by atoms with Crippen LogP contribution in [0.1, 0.15) is 31.7 Å². The van der Waals surface area contributed by atoms with E-state index in [0.717, 1.165) is 11.3 Å². The van der Waals surface area contributed by atoms with E-state index in [1.54, 1.807) is 14.2 Å². The predicted octanol–water partition coefficient (Wildman–Crippen LogP) is 1.89. The quantitative estimate of drug-likeness (QED) is 0.591. The average Bonchev–Trinajstić information content (AvgIpc) is 2.40. The van der Waals surface area contributed by atoms with Crippen LogP contribution in [0.5, 0.6) is 0 Å². The summed E-state index contributed by atoms with van der Waals surface area (Å²) >= 11 is 0. The lowest BCUT2D eigenvalue weighted by molar-refractivity contribution is -0.136. The molecule has 5 nitrogen and oxygen atoms in total. The van der Waals surface area contributed by atoms with Crippen LogP contribution in [-0.2, 0) is 14.3 Å². The first-order chi connectivity index (χ1) is 9.47. The van der Waals surface area contributed by atoms with Crippen LogP contribution in [-0.4, -0.2) is 32.5 Å². The fourth-order valence-electron chi connectivity index (χ4n) is 2.11. The second-order valence-electron chi connectivity index (χ2n) is 4.97. The first-order valence-electron chi connectivity index (χ1n) is 6.68. The number of carbonyl (C=O) groups is 1. The van der Waals surface area contributed by atoms with Crippen molar-refractivity contribution >= 4 is 11.6 Å². The molecule has 0 radical (unpaired) electrons. The van der Waals surface area contributed by atoms with Crippen molar-refractivity contribution in [3.05, 3.63) is 29.8 Å². The maximum atomic E-state index is 12.0. The van der Waals surface area contributed by atoms with Gasteiger partial charge in [0, 0.05) is 26.3 Å². The number of rotatable bonds is 7. The van der Waals surface area contributed by atoms with Gasteiger partial charge < -0.3 is 20.5 Å². The number of benzene rings is 1. The lowest BCUT2D eigenvalue weighted by atomic mass is 9.97. The van der Waals surface area contributed by atoms with Gasteiger partial charge in [0.2, 0.25) is 5.91 Å². The lowest BCUT2D eigenvalue weighted by Crippen LogP contribution is -2.43. The van der Waals surface area contributed by atoms with Crippen molar-refractivity contribution in [2.45, 2.75) is 38.5 Å². The largest absolute Gasteiger partial charge is 0.399 e. The summed E-state index contributed by atoms with van der Waals surface area (Å²) in [6.07, 6.45) is -0.0280. The van der Waals surface area contributed by atoms with Crippen LogP contribution in [0.3, 0.4) is 0 Å². The summed E-state index contributed by atoms with van der Waals surface area (Å²) < 4.78 is 10.2. The van der Waals surface area contributed by atoms with Crippen LogP contribution < -0.4 is 11.1 Å². The van der Waals surface area contributed by atoms with Gasteiger partial charge in [-0.05, 0) is 30.5 Å². The third-order valence-corrected chi connectivity index (χ3v) is 3.26. The zero-order valence-corrected chi connectivity index (χ0v) is 12.6. The fraction of sp³-hybridized carbons (Fsp3) is 0.533. The minimum absolute atomic E-state index is 0.0269. The van der Waals surface area contributed by atoms with Gasteiger partial charge in [-0.25, -0.2) is 0 Å². The highest BCUT2D eigenvalue weighted by atomic mass is 16.7. The van der Waals surface area contributed by atoms with E-state index in [4.69, 9.17) is 15.2 Å². The van der Waals surface area contributed by atoms with Crippen molar-refractivity contribution in [2.75, 3.05) is 20.0 Å². The normalized spacial score (nSPS) is 14.1. The zero-order valence-electron chi connectivity index (χ0n) is 12.6. The Labute approximate surface area is 120 Å². The standard InChI is InChI=1S/C15H24N2O3/c1-10(12-5-7-13(16)8-6-12)9-14(18)17-11(2)15(19-3)20-4/h5-8,10-11,15H,9,16H2,1-4H3,(H,17,18). The molecule has 0 aliphatic heterocycles. The Morgan fingerprint density at radius 2 is 1.75 bits per heavy atom. The fourth-order valence-corrected chi connectivity index (χ4v) is 2.11. The molecule has 20 heavy (non-hydrogen) atoms. The number of carbonyl (C=O) groups excluding carboxylic acids is 1. The van der Waals surface area contributed by atoms with Crippen LogP contribution in [0.2, 0.25) is 0 Å². The maximum Gasteiger partial charge on any atom is 0.220 e. The van der Waals surface area contributed by atoms with Gasteiger partial charge in [0.1, 0.15) is 0 Å². The molecular formula is C15H24N2O3. The summed E-state index contributed by atoms with van der Waals surface area (Å²) in [7, 11) is 3.10. The highest BCUT2D eigenvalue weighted by molar-refractivity contribution is 5.77. The van der Waals surface area contributed by atoms with E-state index in [9.17, 15) is 4.79 Å². The van der Waals surface area contributed by atoms with E-state index in [1.807, 2.05) is 38.1 Å². The van der Waals surface area contributed by atoms with Gasteiger partial charge >= 0.3 is 0 Å². The van der Waals surface area contributed by atoms with Crippen molar-refractivity contribution in [1.82, 2.24) is 5.32 Å². The summed E-state index contributed by atoms with van der Waals surface area (Å²) in [5.41, 5.74) is 7.47. The summed E-state index contributed by atoms with van der Waals surface area (Å²) in [4.78, 5) is 12.0. The average molecular weight is 280 g/mol. The predicted molar refractivity (Wildman–Crippen MR) is 79.3 cm³/mol. The van der Waals surface area contributed by atoms with Gasteiger partial charge in [-0.1, -0.05) is 19.1 Å². The monoisotopic (exact) mass is 280 g/mol. The van der Waals surface area contributed by atoms with Crippen LogP contribution in [0, 0.1) is 0 Å². The molecule has 5 heteroatoms. The van der Waals surface area contributed by atoms with E-state index in [1.165, 1.54) is 0 Å². The molecule has 0 aliphatic carbocycles. The molecule has 0 bridgehead atoms. The van der Waals surface area contributed by atoms with Gasteiger partial charge in [-0.15, -0.1) is 0 Å². The SMILES string of the molecule is COC(OC)C(C)NC(=O)CC(C)c1ccc(N)cc1. The van der Waals surface area contributed by atoms with E-state index in [-0.39, 0.29) is 17.9 Å². The molecule has 1 amide bonds. The molecule has 0 aliphatic rings. The molecule has 0 saturated heterocycles. The number of methoxy groups -OCH3 is 2. The molecule has 1 aromatic rings. The summed E-state index contributed by atoms with van der Waals surface area (Å²) in [6.45, 7) is 3.86. The first kappa shape index (κ1) is 16.5. The van der Waals surface area contributed by atoms with Gasteiger partial charge in [0.05, 0.1) is 6.04 Å². The van der Waals surface area contributed by atoms with E-state index in [2.05, 4.69) is 5.32 Å². The Morgan fingerprint density at radius 3 is 2.25 bits per heavy atom. The number of ether oxygens (including phenoxy) is 2. The molecule has 2 atom stereocenters. The molecule has 0 heterocycles. The minimum Gasteiger partial charge on any atom is -0.399 e. The highest BCUT2D eigenvalue weighted by Gasteiger charge is 2.19. The van der Waals surface area contributed by atoms with Crippen molar-refractivity contribution in [1.29, 1.82) is 0 Å². The lowest BCUT2D eigenvalue weighted by Gasteiger charge is -2.23.